The van der Waals surface area contributed by atoms with Crippen molar-refractivity contribution in [2.75, 3.05) is 0 Å². The highest BCUT2D eigenvalue weighted by Crippen LogP contribution is 2.50. The maximum atomic E-state index is 14.2. The number of halogens is 4. The third kappa shape index (κ3) is 1.31. The van der Waals surface area contributed by atoms with Crippen LogP contribution in [0.3, 0.4) is 0 Å². The number of rotatable bonds is 2. The van der Waals surface area contributed by atoms with E-state index in [2.05, 4.69) is 0 Å². The second kappa shape index (κ2) is 3.82. The van der Waals surface area contributed by atoms with Gasteiger partial charge < -0.3 is 10.2 Å². The van der Waals surface area contributed by atoms with Crippen LogP contribution in [0.4, 0.5) is 17.6 Å². The number of carbonyl (C=O) groups is 2. The molecular weight excluding hydrogens is 260 g/mol. The molecule has 2 N–H and O–H groups in total. The van der Waals surface area contributed by atoms with Gasteiger partial charge >= 0.3 is 11.9 Å². The van der Waals surface area contributed by atoms with Gasteiger partial charge in [0.25, 0.3) is 11.3 Å². The van der Waals surface area contributed by atoms with Crippen molar-refractivity contribution in [2.45, 2.75) is 25.2 Å². The van der Waals surface area contributed by atoms with Crippen LogP contribution in [0.25, 0.3) is 0 Å². The van der Waals surface area contributed by atoms with Crippen LogP contribution in [0.2, 0.25) is 0 Å². The first-order valence-corrected chi connectivity index (χ1v) is 4.61. The SMILES string of the molecule is CC1=C(F)C(F)=C(C)C(F)(C(=O)O)C1(F)C(=O)O. The molecule has 18 heavy (non-hydrogen) atoms. The summed E-state index contributed by atoms with van der Waals surface area (Å²) >= 11 is 0. The van der Waals surface area contributed by atoms with Crippen LogP contribution >= 0.6 is 0 Å². The minimum absolute atomic E-state index is 0.479. The van der Waals surface area contributed by atoms with Crippen molar-refractivity contribution >= 4 is 11.9 Å². The lowest BCUT2D eigenvalue weighted by molar-refractivity contribution is -0.172. The molecule has 0 aromatic heterocycles. The van der Waals surface area contributed by atoms with Crippen molar-refractivity contribution in [3.63, 3.8) is 0 Å². The molecule has 0 radical (unpaired) electrons. The Bertz CT molecular complexity index is 464. The first kappa shape index (κ1) is 14.2. The zero-order valence-corrected chi connectivity index (χ0v) is 9.22. The Morgan fingerprint density at radius 3 is 1.28 bits per heavy atom. The van der Waals surface area contributed by atoms with E-state index in [0.717, 1.165) is 0 Å². The van der Waals surface area contributed by atoms with Crippen LogP contribution in [-0.2, 0) is 9.59 Å². The number of carboxylic acid groups (broad SMARTS) is 2. The van der Waals surface area contributed by atoms with Gasteiger partial charge in [0.2, 0.25) is 0 Å². The van der Waals surface area contributed by atoms with E-state index >= 15 is 0 Å². The smallest absolute Gasteiger partial charge is 0.350 e. The zero-order chi connectivity index (χ0) is 14.5. The molecule has 0 heterocycles. The minimum Gasteiger partial charge on any atom is -0.479 e. The Balaban J connectivity index is 3.80. The monoisotopic (exact) mass is 268 g/mol. The summed E-state index contributed by atoms with van der Waals surface area (Å²) in [5.41, 5.74) is -11.4. The molecule has 0 aromatic rings. The van der Waals surface area contributed by atoms with Gasteiger partial charge in [-0.3, -0.25) is 0 Å². The van der Waals surface area contributed by atoms with E-state index in [1.807, 2.05) is 0 Å². The number of allylic oxidation sites excluding steroid dienone is 2. The second-order valence-electron chi connectivity index (χ2n) is 3.81. The summed E-state index contributed by atoms with van der Waals surface area (Å²) < 4.78 is 55.0. The summed E-state index contributed by atoms with van der Waals surface area (Å²) in [6, 6.07) is 0. The maximum Gasteiger partial charge on any atom is 0.350 e. The lowest BCUT2D eigenvalue weighted by Gasteiger charge is -2.37. The van der Waals surface area contributed by atoms with Crippen LogP contribution in [0, 0.1) is 0 Å². The lowest BCUT2D eigenvalue weighted by Crippen LogP contribution is -2.61. The van der Waals surface area contributed by atoms with Crippen LogP contribution in [-0.4, -0.2) is 33.5 Å². The van der Waals surface area contributed by atoms with Gasteiger partial charge in [0.1, 0.15) is 0 Å². The van der Waals surface area contributed by atoms with Crippen molar-refractivity contribution in [1.82, 2.24) is 0 Å². The van der Waals surface area contributed by atoms with Crippen molar-refractivity contribution in [3.05, 3.63) is 22.8 Å². The van der Waals surface area contributed by atoms with Crippen molar-refractivity contribution < 1.29 is 37.4 Å². The molecule has 1 aliphatic rings. The summed E-state index contributed by atoms with van der Waals surface area (Å²) in [4.78, 5) is 21.6. The van der Waals surface area contributed by atoms with Crippen molar-refractivity contribution in [3.8, 4) is 0 Å². The molecular formula is C10H8F4O4. The molecule has 1 aliphatic carbocycles. The van der Waals surface area contributed by atoms with Gasteiger partial charge in [-0.05, 0) is 13.8 Å². The van der Waals surface area contributed by atoms with Crippen LogP contribution in [0.5, 0.6) is 0 Å². The molecule has 0 fully saturated rings. The van der Waals surface area contributed by atoms with E-state index in [1.54, 1.807) is 0 Å². The number of carboxylic acids is 2. The average Bonchev–Trinajstić information content (AvgIpc) is 2.30. The molecule has 0 aromatic carbocycles. The highest BCUT2D eigenvalue weighted by Gasteiger charge is 2.70. The number of hydrogen-bond acceptors (Lipinski definition) is 2. The summed E-state index contributed by atoms with van der Waals surface area (Å²) in [6.45, 7) is 0.958. The van der Waals surface area contributed by atoms with Crippen LogP contribution in [0.15, 0.2) is 22.8 Å². The van der Waals surface area contributed by atoms with E-state index in [4.69, 9.17) is 10.2 Å². The Morgan fingerprint density at radius 1 is 0.889 bits per heavy atom. The highest BCUT2D eigenvalue weighted by molar-refractivity contribution is 5.97. The zero-order valence-electron chi connectivity index (χ0n) is 9.22. The first-order valence-electron chi connectivity index (χ1n) is 4.61. The van der Waals surface area contributed by atoms with E-state index < -0.39 is 46.1 Å². The van der Waals surface area contributed by atoms with Gasteiger partial charge in [0.05, 0.1) is 0 Å². The predicted octanol–water partition coefficient (Wildman–Crippen LogP) is 2.07. The Kier molecular flexibility index (Phi) is 3.02. The van der Waals surface area contributed by atoms with Crippen molar-refractivity contribution in [1.29, 1.82) is 0 Å². The van der Waals surface area contributed by atoms with Crippen molar-refractivity contribution in [2.24, 2.45) is 0 Å². The van der Waals surface area contributed by atoms with Gasteiger partial charge in [-0.15, -0.1) is 0 Å². The minimum atomic E-state index is -4.21. The molecule has 0 bridgehead atoms. The molecule has 0 spiro atoms. The van der Waals surface area contributed by atoms with Gasteiger partial charge in [0.15, 0.2) is 11.7 Å². The van der Waals surface area contributed by atoms with Gasteiger partial charge in [-0.2, -0.15) is 0 Å². The molecule has 0 aliphatic heterocycles. The molecule has 100 valence electrons. The summed E-state index contributed by atoms with van der Waals surface area (Å²) in [5, 5.41) is 17.3. The molecule has 4 nitrogen and oxygen atoms in total. The van der Waals surface area contributed by atoms with E-state index in [0.29, 0.717) is 13.8 Å². The number of aliphatic carboxylic acids is 2. The fourth-order valence-corrected chi connectivity index (χ4v) is 1.76. The van der Waals surface area contributed by atoms with E-state index in [9.17, 15) is 27.2 Å². The quantitative estimate of drug-likeness (QED) is 0.752. The van der Waals surface area contributed by atoms with Gasteiger partial charge in [-0.1, -0.05) is 0 Å². The van der Waals surface area contributed by atoms with Gasteiger partial charge in [-0.25, -0.2) is 27.2 Å². The number of hydrogen-bond donors (Lipinski definition) is 2. The molecule has 0 amide bonds. The molecule has 8 heteroatoms. The first-order chi connectivity index (χ1) is 8.02. The Morgan fingerprint density at radius 2 is 1.11 bits per heavy atom. The average molecular weight is 268 g/mol. The van der Waals surface area contributed by atoms with Crippen LogP contribution in [0.1, 0.15) is 13.8 Å². The Labute approximate surface area is 98.2 Å². The highest BCUT2D eigenvalue weighted by atomic mass is 19.2. The maximum absolute atomic E-state index is 14.2. The summed E-state index contributed by atoms with van der Waals surface area (Å²) in [7, 11) is 0. The molecule has 2 unspecified atom stereocenters. The fourth-order valence-electron chi connectivity index (χ4n) is 1.76. The predicted molar refractivity (Wildman–Crippen MR) is 50.6 cm³/mol. The van der Waals surface area contributed by atoms with E-state index in [-0.39, 0.29) is 0 Å². The Hall–Kier alpha value is -1.86. The topological polar surface area (TPSA) is 74.6 Å². The molecule has 1 rings (SSSR count). The molecule has 2 atom stereocenters. The largest absolute Gasteiger partial charge is 0.479 e. The summed E-state index contributed by atoms with van der Waals surface area (Å²) in [6.07, 6.45) is 0. The van der Waals surface area contributed by atoms with Crippen LogP contribution < -0.4 is 0 Å². The van der Waals surface area contributed by atoms with E-state index in [1.165, 1.54) is 0 Å². The molecule has 0 saturated heterocycles. The third-order valence-electron chi connectivity index (χ3n) is 2.95. The number of alkyl halides is 2. The summed E-state index contributed by atoms with van der Waals surface area (Å²) in [5.74, 6) is -8.92. The molecule has 0 saturated carbocycles. The normalized spacial score (nSPS) is 32.8. The fraction of sp³-hybridized carbons (Fsp3) is 0.400. The second-order valence-corrected chi connectivity index (χ2v) is 3.81. The lowest BCUT2D eigenvalue weighted by atomic mass is 9.72. The standard InChI is InChI=1S/C10H8F4O4/c1-3-5(11)6(12)4(2)10(14,8(17)18)9(3,13)7(15)16/h1-2H3,(H,15,16)(H,17,18). The third-order valence-corrected chi connectivity index (χ3v) is 2.95. The van der Waals surface area contributed by atoms with Gasteiger partial charge in [0, 0.05) is 11.1 Å².